The average Bonchev–Trinajstić information content (AvgIpc) is 2.82. The zero-order chi connectivity index (χ0) is 26.5. The average molecular weight is 520 g/mol. The lowest BCUT2D eigenvalue weighted by molar-refractivity contribution is -0.138. The summed E-state index contributed by atoms with van der Waals surface area (Å²) in [6.07, 6.45) is -3.34. The molecule has 3 rings (SSSR count). The van der Waals surface area contributed by atoms with Crippen LogP contribution in [-0.2, 0) is 23.8 Å². The van der Waals surface area contributed by atoms with Crippen LogP contribution in [0.3, 0.4) is 0 Å². The van der Waals surface area contributed by atoms with Crippen LogP contribution in [0.1, 0.15) is 58.9 Å². The Morgan fingerprint density at radius 1 is 1.03 bits per heavy atom. The number of halogens is 4. The molecule has 1 unspecified atom stereocenters. The number of aliphatic carboxylic acids is 1. The zero-order valence-corrected chi connectivity index (χ0v) is 20.4. The summed E-state index contributed by atoms with van der Waals surface area (Å²) in [6.45, 7) is 3.72. The first kappa shape index (κ1) is 27.1. The molecule has 5 nitrogen and oxygen atoms in total. The van der Waals surface area contributed by atoms with E-state index >= 15 is 0 Å². The fourth-order valence-electron chi connectivity index (χ4n) is 3.70. The minimum atomic E-state index is -4.55. The Morgan fingerprint density at radius 3 is 2.39 bits per heavy atom. The van der Waals surface area contributed by atoms with Crippen LogP contribution >= 0.6 is 11.6 Å². The molecule has 0 aliphatic rings. The van der Waals surface area contributed by atoms with Crippen LogP contribution in [0.2, 0.25) is 5.02 Å². The maximum Gasteiger partial charge on any atom is 0.416 e. The number of carbonyl (C=O) groups excluding carboxylic acids is 1. The molecule has 0 heterocycles. The molecule has 0 bridgehead atoms. The Bertz CT molecular complexity index is 1260. The molecule has 0 saturated carbocycles. The third-order valence-corrected chi connectivity index (χ3v) is 5.96. The summed E-state index contributed by atoms with van der Waals surface area (Å²) in [6, 6.07) is 14.7. The van der Waals surface area contributed by atoms with Crippen molar-refractivity contribution in [3.8, 4) is 11.5 Å². The normalized spacial score (nSPS) is 12.2. The Balaban J connectivity index is 1.71. The van der Waals surface area contributed by atoms with Gasteiger partial charge in [0.2, 0.25) is 0 Å². The predicted octanol–water partition coefficient (Wildman–Crippen LogP) is 7.22. The summed E-state index contributed by atoms with van der Waals surface area (Å²) in [7, 11) is 0. The zero-order valence-electron chi connectivity index (χ0n) is 19.7. The summed E-state index contributed by atoms with van der Waals surface area (Å²) in [5.41, 5.74) is 1.69. The third-order valence-electron chi connectivity index (χ3n) is 5.65. The number of hydrogen-bond donors (Lipinski definition) is 2. The smallest absolute Gasteiger partial charge is 0.416 e. The number of carboxylic acid groups (broad SMARTS) is 1. The second-order valence-corrected chi connectivity index (χ2v) is 8.65. The highest BCUT2D eigenvalue weighted by Crippen LogP contribution is 2.32. The van der Waals surface area contributed by atoms with Gasteiger partial charge in [-0.15, -0.1) is 0 Å². The third kappa shape index (κ3) is 7.01. The molecule has 190 valence electrons. The monoisotopic (exact) mass is 519 g/mol. The number of carboxylic acids is 1. The van der Waals surface area contributed by atoms with Crippen LogP contribution in [0, 0.1) is 0 Å². The molecule has 0 radical (unpaired) electrons. The molecular formula is C27H25ClF3NO4. The van der Waals surface area contributed by atoms with Crippen LogP contribution in [0.15, 0.2) is 60.7 Å². The molecule has 3 aromatic rings. The van der Waals surface area contributed by atoms with Crippen molar-refractivity contribution in [3.05, 3.63) is 93.5 Å². The number of benzene rings is 3. The Kier molecular flexibility index (Phi) is 8.63. The van der Waals surface area contributed by atoms with E-state index in [1.807, 2.05) is 19.1 Å². The summed E-state index contributed by atoms with van der Waals surface area (Å²) in [5.74, 6) is -0.328. The molecule has 1 atom stereocenters. The van der Waals surface area contributed by atoms with Crippen molar-refractivity contribution in [2.75, 3.05) is 0 Å². The van der Waals surface area contributed by atoms with Gasteiger partial charge in [0.1, 0.15) is 11.5 Å². The Morgan fingerprint density at radius 2 is 1.75 bits per heavy atom. The maximum atomic E-state index is 12.9. The van der Waals surface area contributed by atoms with E-state index < -0.39 is 29.7 Å². The van der Waals surface area contributed by atoms with E-state index in [1.54, 1.807) is 37.3 Å². The van der Waals surface area contributed by atoms with Crippen molar-refractivity contribution in [1.82, 2.24) is 5.32 Å². The first-order valence-corrected chi connectivity index (χ1v) is 11.6. The number of rotatable bonds is 9. The van der Waals surface area contributed by atoms with Gasteiger partial charge in [0.25, 0.3) is 5.91 Å². The van der Waals surface area contributed by atoms with Gasteiger partial charge in [0, 0.05) is 6.42 Å². The van der Waals surface area contributed by atoms with E-state index in [4.69, 9.17) is 21.4 Å². The molecular weight excluding hydrogens is 495 g/mol. The van der Waals surface area contributed by atoms with Gasteiger partial charge < -0.3 is 15.2 Å². The molecule has 2 N–H and O–H groups in total. The van der Waals surface area contributed by atoms with Gasteiger partial charge in [-0.05, 0) is 78.9 Å². The van der Waals surface area contributed by atoms with E-state index in [9.17, 15) is 22.8 Å². The maximum absolute atomic E-state index is 12.9. The van der Waals surface area contributed by atoms with E-state index in [0.717, 1.165) is 41.3 Å². The topological polar surface area (TPSA) is 75.6 Å². The molecule has 36 heavy (non-hydrogen) atoms. The quantitative estimate of drug-likeness (QED) is 0.313. The molecule has 0 aliphatic heterocycles. The molecule has 3 aromatic carbocycles. The second-order valence-electron chi connectivity index (χ2n) is 8.24. The molecule has 0 aliphatic carbocycles. The number of nitrogens with one attached hydrogen (secondary N) is 1. The molecule has 0 saturated heterocycles. The summed E-state index contributed by atoms with van der Waals surface area (Å²) >= 11 is 5.94. The number of amides is 1. The number of carbonyl (C=O) groups is 2. The summed E-state index contributed by atoms with van der Waals surface area (Å²) in [5, 5.41) is 11.4. The Hall–Kier alpha value is -3.52. The number of hydrogen-bond acceptors (Lipinski definition) is 3. The fraction of sp³-hybridized carbons (Fsp3) is 0.259. The molecule has 1 amide bonds. The minimum Gasteiger partial charge on any atom is -0.481 e. The predicted molar refractivity (Wildman–Crippen MR) is 131 cm³/mol. The largest absolute Gasteiger partial charge is 0.481 e. The van der Waals surface area contributed by atoms with Crippen molar-refractivity contribution in [3.63, 3.8) is 0 Å². The highest BCUT2D eigenvalue weighted by atomic mass is 35.5. The summed E-state index contributed by atoms with van der Waals surface area (Å²) in [4.78, 5) is 23.5. The molecule has 0 aromatic heterocycles. The van der Waals surface area contributed by atoms with Gasteiger partial charge in [0.05, 0.1) is 22.2 Å². The highest BCUT2D eigenvalue weighted by Gasteiger charge is 2.31. The fourth-order valence-corrected chi connectivity index (χ4v) is 3.96. The van der Waals surface area contributed by atoms with Gasteiger partial charge in [0.15, 0.2) is 0 Å². The van der Waals surface area contributed by atoms with Crippen LogP contribution in [-0.4, -0.2) is 17.0 Å². The van der Waals surface area contributed by atoms with E-state index in [1.165, 1.54) is 0 Å². The molecule has 0 spiro atoms. The van der Waals surface area contributed by atoms with Crippen LogP contribution in [0.25, 0.3) is 0 Å². The van der Waals surface area contributed by atoms with Crippen LogP contribution in [0.4, 0.5) is 13.2 Å². The van der Waals surface area contributed by atoms with Crippen molar-refractivity contribution in [1.29, 1.82) is 0 Å². The number of alkyl halides is 3. The lowest BCUT2D eigenvalue weighted by Gasteiger charge is -2.17. The van der Waals surface area contributed by atoms with E-state index in [0.29, 0.717) is 17.9 Å². The SMILES string of the molecule is CCc1cc(Oc2cccc(C(C)NC(=O)c3ccc(C(F)(F)F)cc3Cl)c2)ccc1CCC(=O)O. The van der Waals surface area contributed by atoms with Crippen molar-refractivity contribution in [2.24, 2.45) is 0 Å². The van der Waals surface area contributed by atoms with Crippen LogP contribution in [0.5, 0.6) is 11.5 Å². The van der Waals surface area contributed by atoms with Gasteiger partial charge >= 0.3 is 12.1 Å². The lowest BCUT2D eigenvalue weighted by Crippen LogP contribution is -2.27. The standard InChI is InChI=1S/C27H25ClF3NO4/c1-3-17-13-22(10-7-18(17)8-12-25(33)34)36-21-6-4-5-19(14-21)16(2)32-26(35)23-11-9-20(15-24(23)28)27(29,30)31/h4-7,9-11,13-16H,3,8,12H2,1-2H3,(H,32,35)(H,33,34). The second kappa shape index (κ2) is 11.5. The summed E-state index contributed by atoms with van der Waals surface area (Å²) < 4.78 is 44.6. The van der Waals surface area contributed by atoms with Crippen molar-refractivity contribution >= 4 is 23.5 Å². The van der Waals surface area contributed by atoms with Gasteiger partial charge in [-0.1, -0.05) is 36.7 Å². The minimum absolute atomic E-state index is 0.0521. The van der Waals surface area contributed by atoms with Crippen molar-refractivity contribution < 1.29 is 32.6 Å². The van der Waals surface area contributed by atoms with Crippen LogP contribution < -0.4 is 10.1 Å². The molecule has 0 fully saturated rings. The highest BCUT2D eigenvalue weighted by molar-refractivity contribution is 6.33. The molecule has 9 heteroatoms. The van der Waals surface area contributed by atoms with Gasteiger partial charge in [-0.3, -0.25) is 9.59 Å². The van der Waals surface area contributed by atoms with Crippen molar-refractivity contribution in [2.45, 2.75) is 45.3 Å². The number of ether oxygens (including phenoxy) is 1. The Labute approximate surface area is 211 Å². The first-order chi connectivity index (χ1) is 17.0. The van der Waals surface area contributed by atoms with Gasteiger partial charge in [-0.2, -0.15) is 13.2 Å². The first-order valence-electron chi connectivity index (χ1n) is 11.3. The van der Waals surface area contributed by atoms with E-state index in [2.05, 4.69) is 5.32 Å². The number of aryl methyl sites for hydroxylation is 2. The lowest BCUT2D eigenvalue weighted by atomic mass is 10.0. The van der Waals surface area contributed by atoms with Gasteiger partial charge in [-0.25, -0.2) is 0 Å². The van der Waals surface area contributed by atoms with E-state index in [-0.39, 0.29) is 17.0 Å².